The van der Waals surface area contributed by atoms with Crippen LogP contribution in [0.5, 0.6) is 0 Å². The molecule has 0 radical (unpaired) electrons. The Balaban J connectivity index is 1.95. The van der Waals surface area contributed by atoms with Crippen LogP contribution < -0.4 is 5.32 Å². The summed E-state index contributed by atoms with van der Waals surface area (Å²) in [7, 11) is -0.304. The molecular weight excluding hydrogens is 276 g/mol. The Bertz CT molecular complexity index is 634. The number of H-pyrrole nitrogens is 1. The summed E-state index contributed by atoms with van der Waals surface area (Å²) in [6.07, 6.45) is 1.71. The molecule has 0 fully saturated rings. The molecule has 108 valence electrons. The molecule has 0 unspecified atom stereocenters. The molecule has 0 aliphatic heterocycles. The van der Waals surface area contributed by atoms with Crippen molar-refractivity contribution in [2.45, 2.75) is 18.0 Å². The van der Waals surface area contributed by atoms with E-state index in [1.54, 1.807) is 18.3 Å². The van der Waals surface area contributed by atoms with Crippen LogP contribution in [0.15, 0.2) is 41.4 Å². The molecule has 0 bridgehead atoms. The smallest absolute Gasteiger partial charge is 0.242 e. The number of rotatable bonds is 6. The summed E-state index contributed by atoms with van der Waals surface area (Å²) in [6.45, 7) is 1.36. The summed E-state index contributed by atoms with van der Waals surface area (Å²) in [4.78, 5) is 0.305. The number of sulfonamides is 1. The molecule has 0 aliphatic rings. The molecule has 6 nitrogen and oxygen atoms in total. The number of nitrogens with one attached hydrogen (secondary N) is 2. The van der Waals surface area contributed by atoms with Gasteiger partial charge in [0.25, 0.3) is 0 Å². The van der Waals surface area contributed by atoms with Gasteiger partial charge in [0.15, 0.2) is 0 Å². The van der Waals surface area contributed by atoms with Crippen LogP contribution in [0.2, 0.25) is 0 Å². The standard InChI is InChI=1S/C13H18N4O2S/c1-17(2)20(18,19)13-5-3-11(4-6-13)9-14-10-12-7-8-15-16-12/h3-8,14H,9-10H2,1-2H3,(H,15,16). The molecule has 2 rings (SSSR count). The van der Waals surface area contributed by atoms with Crippen LogP contribution in [0.4, 0.5) is 0 Å². The highest BCUT2D eigenvalue weighted by molar-refractivity contribution is 7.89. The van der Waals surface area contributed by atoms with Gasteiger partial charge < -0.3 is 5.32 Å². The second-order valence-corrected chi connectivity index (χ2v) is 6.77. The molecule has 0 aliphatic carbocycles. The van der Waals surface area contributed by atoms with Gasteiger partial charge in [-0.3, -0.25) is 5.10 Å². The zero-order chi connectivity index (χ0) is 14.6. The largest absolute Gasteiger partial charge is 0.307 e. The van der Waals surface area contributed by atoms with Crippen molar-refractivity contribution in [1.29, 1.82) is 0 Å². The van der Waals surface area contributed by atoms with Crippen molar-refractivity contribution in [2.75, 3.05) is 14.1 Å². The number of nitrogens with zero attached hydrogens (tertiary/aromatic N) is 2. The molecule has 1 heterocycles. The lowest BCUT2D eigenvalue weighted by Gasteiger charge is -2.11. The molecule has 0 saturated carbocycles. The van der Waals surface area contributed by atoms with Crippen LogP contribution in [0.3, 0.4) is 0 Å². The lowest BCUT2D eigenvalue weighted by atomic mass is 10.2. The monoisotopic (exact) mass is 294 g/mol. The first-order valence-corrected chi connectivity index (χ1v) is 7.64. The third-order valence-electron chi connectivity index (χ3n) is 2.90. The highest BCUT2D eigenvalue weighted by Crippen LogP contribution is 2.13. The van der Waals surface area contributed by atoms with Gasteiger partial charge in [-0.25, -0.2) is 12.7 Å². The lowest BCUT2D eigenvalue weighted by molar-refractivity contribution is 0.520. The van der Waals surface area contributed by atoms with Gasteiger partial charge in [-0.2, -0.15) is 5.10 Å². The van der Waals surface area contributed by atoms with Crippen molar-refractivity contribution in [2.24, 2.45) is 0 Å². The van der Waals surface area contributed by atoms with E-state index >= 15 is 0 Å². The topological polar surface area (TPSA) is 78.1 Å². The van der Waals surface area contributed by atoms with Crippen molar-refractivity contribution in [3.63, 3.8) is 0 Å². The van der Waals surface area contributed by atoms with E-state index in [1.807, 2.05) is 18.2 Å². The van der Waals surface area contributed by atoms with E-state index in [0.717, 1.165) is 11.3 Å². The van der Waals surface area contributed by atoms with Crippen LogP contribution >= 0.6 is 0 Å². The van der Waals surface area contributed by atoms with Crippen LogP contribution in [0.25, 0.3) is 0 Å². The summed E-state index contributed by atoms with van der Waals surface area (Å²) < 4.78 is 25.0. The van der Waals surface area contributed by atoms with Gasteiger partial charge in [0.1, 0.15) is 0 Å². The molecule has 0 spiro atoms. The maximum atomic E-state index is 11.9. The van der Waals surface area contributed by atoms with Crippen molar-refractivity contribution in [3.8, 4) is 0 Å². The molecule has 0 atom stereocenters. The third kappa shape index (κ3) is 3.44. The molecule has 0 amide bonds. The molecule has 20 heavy (non-hydrogen) atoms. The van der Waals surface area contributed by atoms with Crippen LogP contribution in [0, 0.1) is 0 Å². The molecular formula is C13H18N4O2S. The summed E-state index contributed by atoms with van der Waals surface area (Å²) in [5.41, 5.74) is 2.04. The Kier molecular flexibility index (Phi) is 4.53. The highest BCUT2D eigenvalue weighted by Gasteiger charge is 2.16. The van der Waals surface area contributed by atoms with Gasteiger partial charge in [-0.05, 0) is 23.8 Å². The van der Waals surface area contributed by atoms with Crippen molar-refractivity contribution in [1.82, 2.24) is 19.8 Å². The third-order valence-corrected chi connectivity index (χ3v) is 4.73. The zero-order valence-electron chi connectivity index (χ0n) is 11.5. The first kappa shape index (κ1) is 14.7. The maximum Gasteiger partial charge on any atom is 0.242 e. The van der Waals surface area contributed by atoms with E-state index in [2.05, 4.69) is 15.5 Å². The van der Waals surface area contributed by atoms with Crippen LogP contribution in [0.1, 0.15) is 11.3 Å². The normalized spacial score (nSPS) is 11.9. The average molecular weight is 294 g/mol. The quantitative estimate of drug-likeness (QED) is 0.831. The fraction of sp³-hybridized carbons (Fsp3) is 0.308. The number of aromatic amines is 1. The van der Waals surface area contributed by atoms with Crippen molar-refractivity contribution >= 4 is 10.0 Å². The molecule has 7 heteroatoms. The van der Waals surface area contributed by atoms with Gasteiger partial charge in [-0.15, -0.1) is 0 Å². The van der Waals surface area contributed by atoms with Crippen LogP contribution in [-0.4, -0.2) is 37.0 Å². The molecule has 1 aromatic heterocycles. The predicted molar refractivity (Wildman–Crippen MR) is 76.4 cm³/mol. The second kappa shape index (κ2) is 6.17. The van der Waals surface area contributed by atoms with Gasteiger partial charge in [-0.1, -0.05) is 12.1 Å². The minimum absolute atomic E-state index is 0.305. The summed E-state index contributed by atoms with van der Waals surface area (Å²) in [5, 5.41) is 9.99. The van der Waals surface area contributed by atoms with Gasteiger partial charge in [0, 0.05) is 39.1 Å². The van der Waals surface area contributed by atoms with Gasteiger partial charge in [0.05, 0.1) is 4.90 Å². The Morgan fingerprint density at radius 3 is 2.40 bits per heavy atom. The van der Waals surface area contributed by atoms with E-state index in [9.17, 15) is 8.42 Å². The summed E-state index contributed by atoms with van der Waals surface area (Å²) in [5.74, 6) is 0. The predicted octanol–water partition coefficient (Wildman–Crippen LogP) is 0.950. The van der Waals surface area contributed by atoms with E-state index in [0.29, 0.717) is 18.0 Å². The fourth-order valence-corrected chi connectivity index (χ4v) is 2.62. The second-order valence-electron chi connectivity index (χ2n) is 4.62. The highest BCUT2D eigenvalue weighted by atomic mass is 32.2. The molecule has 2 aromatic rings. The number of benzene rings is 1. The minimum Gasteiger partial charge on any atom is -0.307 e. The van der Waals surface area contributed by atoms with Gasteiger partial charge in [0.2, 0.25) is 10.0 Å². The Labute approximate surface area is 118 Å². The van der Waals surface area contributed by atoms with Gasteiger partial charge >= 0.3 is 0 Å². The molecule has 2 N–H and O–H groups in total. The van der Waals surface area contributed by atoms with E-state index in [-0.39, 0.29) is 0 Å². The average Bonchev–Trinajstić information content (AvgIpc) is 2.92. The first-order chi connectivity index (χ1) is 9.50. The first-order valence-electron chi connectivity index (χ1n) is 6.20. The number of hydrogen-bond acceptors (Lipinski definition) is 4. The van der Waals surface area contributed by atoms with Crippen LogP contribution in [-0.2, 0) is 23.1 Å². The Morgan fingerprint density at radius 1 is 1.15 bits per heavy atom. The minimum atomic E-state index is -3.35. The SMILES string of the molecule is CN(C)S(=O)(=O)c1ccc(CNCc2ccn[nH]2)cc1. The van der Waals surface area contributed by atoms with Crippen molar-refractivity contribution < 1.29 is 8.42 Å². The molecule has 1 aromatic carbocycles. The number of aromatic nitrogens is 2. The molecule has 0 saturated heterocycles. The fourth-order valence-electron chi connectivity index (χ4n) is 1.71. The Hall–Kier alpha value is -1.70. The summed E-state index contributed by atoms with van der Waals surface area (Å²) in [6, 6.07) is 8.79. The lowest BCUT2D eigenvalue weighted by Crippen LogP contribution is -2.22. The maximum absolute atomic E-state index is 11.9. The van der Waals surface area contributed by atoms with Crippen molar-refractivity contribution in [3.05, 3.63) is 47.8 Å². The van der Waals surface area contributed by atoms with E-state index in [4.69, 9.17) is 0 Å². The number of hydrogen-bond donors (Lipinski definition) is 2. The zero-order valence-corrected chi connectivity index (χ0v) is 12.3. The van der Waals surface area contributed by atoms with E-state index < -0.39 is 10.0 Å². The summed E-state index contributed by atoms with van der Waals surface area (Å²) >= 11 is 0. The van der Waals surface area contributed by atoms with E-state index in [1.165, 1.54) is 18.4 Å². The Morgan fingerprint density at radius 2 is 1.85 bits per heavy atom.